The Morgan fingerprint density at radius 2 is 2.16 bits per heavy atom. The third-order valence-electron chi connectivity index (χ3n) is 2.54. The Morgan fingerprint density at radius 3 is 2.84 bits per heavy atom. The number of halogens is 2. The Balaban J connectivity index is 2.32. The van der Waals surface area contributed by atoms with E-state index in [-0.39, 0.29) is 5.82 Å². The van der Waals surface area contributed by atoms with Crippen LogP contribution in [0.15, 0.2) is 29.0 Å². The van der Waals surface area contributed by atoms with E-state index in [1.807, 2.05) is 6.92 Å². The molecule has 0 saturated carbocycles. The van der Waals surface area contributed by atoms with Gasteiger partial charge in [0.25, 0.3) is 0 Å². The molecule has 0 fully saturated rings. The molecule has 0 saturated heterocycles. The minimum Gasteiger partial charge on any atom is -0.439 e. The van der Waals surface area contributed by atoms with Gasteiger partial charge in [0.05, 0.1) is 10.0 Å². The number of aromatic nitrogens is 2. The Hall–Kier alpha value is -1.69. The van der Waals surface area contributed by atoms with Crippen molar-refractivity contribution >= 4 is 21.7 Å². The first kappa shape index (κ1) is 13.7. The van der Waals surface area contributed by atoms with E-state index in [4.69, 9.17) is 10.5 Å². The number of anilines is 1. The lowest BCUT2D eigenvalue weighted by atomic mass is 10.2. The van der Waals surface area contributed by atoms with E-state index in [1.165, 1.54) is 18.5 Å². The monoisotopic (exact) mass is 325 g/mol. The summed E-state index contributed by atoms with van der Waals surface area (Å²) in [6.45, 7) is 2.03. The van der Waals surface area contributed by atoms with Crippen LogP contribution in [0.3, 0.4) is 0 Å². The van der Waals surface area contributed by atoms with Crippen LogP contribution in [0.1, 0.15) is 18.9 Å². The van der Waals surface area contributed by atoms with Crippen LogP contribution < -0.4 is 10.5 Å². The van der Waals surface area contributed by atoms with Gasteiger partial charge >= 0.3 is 0 Å². The van der Waals surface area contributed by atoms with Crippen LogP contribution in [0.2, 0.25) is 0 Å². The van der Waals surface area contributed by atoms with Gasteiger partial charge in [-0.1, -0.05) is 13.3 Å². The van der Waals surface area contributed by atoms with Crippen molar-refractivity contribution in [3.05, 3.63) is 40.4 Å². The second kappa shape index (κ2) is 5.97. The van der Waals surface area contributed by atoms with E-state index < -0.39 is 0 Å². The predicted molar refractivity (Wildman–Crippen MR) is 74.6 cm³/mol. The van der Waals surface area contributed by atoms with Crippen LogP contribution in [-0.4, -0.2) is 9.97 Å². The number of nitrogens with zero attached hydrogens (tertiary/aromatic N) is 2. The molecule has 2 aromatic rings. The molecule has 1 aromatic heterocycles. The molecular weight excluding hydrogens is 313 g/mol. The Labute approximate surface area is 119 Å². The van der Waals surface area contributed by atoms with Crippen LogP contribution in [0.5, 0.6) is 11.6 Å². The van der Waals surface area contributed by atoms with E-state index in [0.29, 0.717) is 21.9 Å². The van der Waals surface area contributed by atoms with Crippen molar-refractivity contribution < 1.29 is 9.13 Å². The van der Waals surface area contributed by atoms with E-state index >= 15 is 0 Å². The smallest absolute Gasteiger partial charge is 0.227 e. The van der Waals surface area contributed by atoms with Crippen molar-refractivity contribution in [2.75, 3.05) is 5.73 Å². The second-order valence-corrected chi connectivity index (χ2v) is 4.82. The lowest BCUT2D eigenvalue weighted by Crippen LogP contribution is -2.02. The molecular formula is C13H13BrFN3O. The molecule has 100 valence electrons. The van der Waals surface area contributed by atoms with Crippen molar-refractivity contribution in [3.8, 4) is 11.6 Å². The van der Waals surface area contributed by atoms with E-state index in [2.05, 4.69) is 25.9 Å². The first-order valence-corrected chi connectivity index (χ1v) is 6.63. The van der Waals surface area contributed by atoms with Crippen LogP contribution >= 0.6 is 15.9 Å². The first-order chi connectivity index (χ1) is 9.11. The number of ether oxygens (including phenoxy) is 1. The molecule has 1 heterocycles. The van der Waals surface area contributed by atoms with Crippen LogP contribution in [0.4, 0.5) is 10.2 Å². The average Bonchev–Trinajstić information content (AvgIpc) is 2.38. The largest absolute Gasteiger partial charge is 0.439 e. The zero-order chi connectivity index (χ0) is 13.8. The number of hydrogen-bond acceptors (Lipinski definition) is 4. The fourth-order valence-corrected chi connectivity index (χ4v) is 1.99. The van der Waals surface area contributed by atoms with Gasteiger partial charge in [0.15, 0.2) is 0 Å². The summed E-state index contributed by atoms with van der Waals surface area (Å²) in [5.74, 6) is 0.966. The highest BCUT2D eigenvalue weighted by Crippen LogP contribution is 2.29. The highest BCUT2D eigenvalue weighted by atomic mass is 79.9. The topological polar surface area (TPSA) is 61.0 Å². The van der Waals surface area contributed by atoms with E-state index in [1.54, 1.807) is 6.07 Å². The Kier molecular flexibility index (Phi) is 4.31. The predicted octanol–water partition coefficient (Wildman–Crippen LogP) is 3.71. The van der Waals surface area contributed by atoms with Crippen LogP contribution in [0, 0.1) is 5.82 Å². The first-order valence-electron chi connectivity index (χ1n) is 5.84. The van der Waals surface area contributed by atoms with Gasteiger partial charge in [-0.15, -0.1) is 0 Å². The molecule has 0 aliphatic rings. The third kappa shape index (κ3) is 3.20. The van der Waals surface area contributed by atoms with E-state index in [9.17, 15) is 4.39 Å². The molecule has 19 heavy (non-hydrogen) atoms. The standard InChI is InChI=1S/C13H13BrFN3O/c1-2-3-9-12(16)17-7-18-13(9)19-8-4-5-11(15)10(14)6-8/h4-7H,2-3H2,1H3,(H2,16,17,18). The van der Waals surface area contributed by atoms with Crippen LogP contribution in [0.25, 0.3) is 0 Å². The normalized spacial score (nSPS) is 10.5. The molecule has 1 aromatic carbocycles. The zero-order valence-corrected chi connectivity index (χ0v) is 11.9. The summed E-state index contributed by atoms with van der Waals surface area (Å²) in [6.07, 6.45) is 2.98. The molecule has 0 spiro atoms. The number of nitrogen functional groups attached to an aromatic ring is 1. The van der Waals surface area contributed by atoms with Gasteiger partial charge in [0, 0.05) is 0 Å². The van der Waals surface area contributed by atoms with Gasteiger partial charge in [-0.2, -0.15) is 0 Å². The maximum Gasteiger partial charge on any atom is 0.227 e. The molecule has 0 amide bonds. The number of nitrogens with two attached hydrogens (primary N) is 1. The summed E-state index contributed by atoms with van der Waals surface area (Å²) in [7, 11) is 0. The molecule has 4 nitrogen and oxygen atoms in total. The fraction of sp³-hybridized carbons (Fsp3) is 0.231. The molecule has 2 N–H and O–H groups in total. The fourth-order valence-electron chi connectivity index (χ4n) is 1.63. The highest BCUT2D eigenvalue weighted by Gasteiger charge is 2.11. The summed E-state index contributed by atoms with van der Waals surface area (Å²) in [6, 6.07) is 4.40. The molecule has 0 unspecified atom stereocenters. The highest BCUT2D eigenvalue weighted by molar-refractivity contribution is 9.10. The van der Waals surface area contributed by atoms with Gasteiger partial charge < -0.3 is 10.5 Å². The lowest BCUT2D eigenvalue weighted by molar-refractivity contribution is 0.452. The Bertz CT molecular complexity index is 592. The maximum absolute atomic E-state index is 13.2. The van der Waals surface area contributed by atoms with E-state index in [0.717, 1.165) is 18.4 Å². The van der Waals surface area contributed by atoms with Crippen molar-refractivity contribution in [2.24, 2.45) is 0 Å². The molecule has 0 aliphatic heterocycles. The summed E-state index contributed by atoms with van der Waals surface area (Å²) in [4.78, 5) is 8.03. The van der Waals surface area contributed by atoms with Gasteiger partial charge in [0.1, 0.15) is 23.7 Å². The lowest BCUT2D eigenvalue weighted by Gasteiger charge is -2.11. The van der Waals surface area contributed by atoms with Crippen molar-refractivity contribution in [2.45, 2.75) is 19.8 Å². The summed E-state index contributed by atoms with van der Waals surface area (Å²) in [5.41, 5.74) is 6.58. The SMILES string of the molecule is CCCc1c(N)ncnc1Oc1ccc(F)c(Br)c1. The van der Waals surface area contributed by atoms with Gasteiger partial charge in [-0.25, -0.2) is 14.4 Å². The van der Waals surface area contributed by atoms with Crippen molar-refractivity contribution in [1.82, 2.24) is 9.97 Å². The van der Waals surface area contributed by atoms with Crippen molar-refractivity contribution in [3.63, 3.8) is 0 Å². The third-order valence-corrected chi connectivity index (χ3v) is 3.15. The van der Waals surface area contributed by atoms with Gasteiger partial charge in [0.2, 0.25) is 5.88 Å². The number of hydrogen-bond donors (Lipinski definition) is 1. The molecule has 0 bridgehead atoms. The molecule has 0 aliphatic carbocycles. The van der Waals surface area contributed by atoms with Crippen LogP contribution in [-0.2, 0) is 6.42 Å². The minimum atomic E-state index is -0.344. The van der Waals surface area contributed by atoms with Gasteiger partial charge in [-0.3, -0.25) is 0 Å². The second-order valence-electron chi connectivity index (χ2n) is 3.97. The summed E-state index contributed by atoms with van der Waals surface area (Å²) >= 11 is 3.11. The molecule has 0 radical (unpaired) electrons. The zero-order valence-electron chi connectivity index (χ0n) is 10.4. The quantitative estimate of drug-likeness (QED) is 0.930. The summed E-state index contributed by atoms with van der Waals surface area (Å²) < 4.78 is 19.1. The average molecular weight is 326 g/mol. The molecule has 0 atom stereocenters. The Morgan fingerprint density at radius 1 is 1.37 bits per heavy atom. The number of benzene rings is 1. The minimum absolute atomic E-state index is 0.337. The number of rotatable bonds is 4. The molecule has 6 heteroatoms. The van der Waals surface area contributed by atoms with Gasteiger partial charge in [-0.05, 0) is 40.5 Å². The van der Waals surface area contributed by atoms with Crippen molar-refractivity contribution in [1.29, 1.82) is 0 Å². The molecule has 2 rings (SSSR count). The summed E-state index contributed by atoms with van der Waals surface area (Å²) in [5, 5.41) is 0. The maximum atomic E-state index is 13.2.